The number of nitrogens with zero attached hydrogens (tertiary/aromatic N) is 3. The maximum atomic E-state index is 13.2. The molecule has 5 rings (SSSR count). The third kappa shape index (κ3) is 4.82. The molecule has 6 heteroatoms. The molecule has 0 unspecified atom stereocenters. The quantitative estimate of drug-likeness (QED) is 0.416. The SMILES string of the molecule is Cc1cccn2cc(COc3ccccc3C(=O)NC[C@H](c3ccccc3)N3CCCC3)nc12. The Balaban J connectivity index is 1.28. The number of carbonyl (C=O) groups is 1. The van der Waals surface area contributed by atoms with Crippen LogP contribution in [0.4, 0.5) is 0 Å². The van der Waals surface area contributed by atoms with E-state index in [1.807, 2.05) is 66.2 Å². The fraction of sp³-hybridized carbons (Fsp3) is 0.286. The van der Waals surface area contributed by atoms with Crippen molar-refractivity contribution in [3.8, 4) is 5.75 Å². The van der Waals surface area contributed by atoms with Crippen LogP contribution in [-0.2, 0) is 6.61 Å². The number of likely N-dealkylation sites (tertiary alicyclic amines) is 1. The predicted molar refractivity (Wildman–Crippen MR) is 133 cm³/mol. The monoisotopic (exact) mass is 454 g/mol. The van der Waals surface area contributed by atoms with Gasteiger partial charge in [0.15, 0.2) is 0 Å². The number of aromatic nitrogens is 2. The van der Waals surface area contributed by atoms with E-state index in [0.717, 1.165) is 30.0 Å². The van der Waals surface area contributed by atoms with Crippen LogP contribution in [0.15, 0.2) is 79.1 Å². The smallest absolute Gasteiger partial charge is 0.255 e. The minimum atomic E-state index is -0.124. The summed E-state index contributed by atoms with van der Waals surface area (Å²) in [6.07, 6.45) is 6.35. The summed E-state index contributed by atoms with van der Waals surface area (Å²) < 4.78 is 8.05. The second-order valence-electron chi connectivity index (χ2n) is 8.82. The van der Waals surface area contributed by atoms with Gasteiger partial charge in [-0.2, -0.15) is 0 Å². The molecule has 4 aromatic rings. The van der Waals surface area contributed by atoms with Crippen molar-refractivity contribution in [1.82, 2.24) is 19.6 Å². The van der Waals surface area contributed by atoms with Crippen LogP contribution < -0.4 is 10.1 Å². The number of aryl methyl sites for hydroxylation is 1. The molecular weight excluding hydrogens is 424 g/mol. The summed E-state index contributed by atoms with van der Waals surface area (Å²) in [5, 5.41) is 3.16. The number of hydrogen-bond donors (Lipinski definition) is 1. The van der Waals surface area contributed by atoms with Gasteiger partial charge in [-0.05, 0) is 62.2 Å². The fourth-order valence-corrected chi connectivity index (χ4v) is 4.68. The van der Waals surface area contributed by atoms with Gasteiger partial charge in [-0.15, -0.1) is 0 Å². The number of carbonyl (C=O) groups excluding carboxylic acids is 1. The molecule has 1 amide bonds. The third-order valence-electron chi connectivity index (χ3n) is 6.46. The van der Waals surface area contributed by atoms with Gasteiger partial charge in [-0.25, -0.2) is 4.98 Å². The number of amides is 1. The van der Waals surface area contributed by atoms with Gasteiger partial charge < -0.3 is 14.5 Å². The average Bonchev–Trinajstić information content (AvgIpc) is 3.55. The lowest BCUT2D eigenvalue weighted by molar-refractivity contribution is 0.0933. The van der Waals surface area contributed by atoms with Gasteiger partial charge >= 0.3 is 0 Å². The highest BCUT2D eigenvalue weighted by Crippen LogP contribution is 2.25. The van der Waals surface area contributed by atoms with Gasteiger partial charge in [0.05, 0.1) is 17.3 Å². The van der Waals surface area contributed by atoms with Crippen LogP contribution in [0.5, 0.6) is 5.75 Å². The average molecular weight is 455 g/mol. The standard InChI is InChI=1S/C28H30N4O2/c1-21-10-9-17-32-19-23(30-27(21)32)20-34-26-14-6-5-13-24(26)28(33)29-18-25(31-15-7-8-16-31)22-11-3-2-4-12-22/h2-6,9-14,17,19,25H,7-8,15-16,18,20H2,1H3,(H,29,33)/t25-/m1/s1. The minimum absolute atomic E-state index is 0.124. The van der Waals surface area contributed by atoms with Gasteiger partial charge in [0, 0.05) is 18.9 Å². The number of ether oxygens (including phenoxy) is 1. The largest absolute Gasteiger partial charge is 0.486 e. The Morgan fingerprint density at radius 1 is 1.03 bits per heavy atom. The number of pyridine rings is 1. The van der Waals surface area contributed by atoms with Gasteiger partial charge in [0.1, 0.15) is 18.0 Å². The number of para-hydroxylation sites is 1. The molecule has 6 nitrogen and oxygen atoms in total. The van der Waals surface area contributed by atoms with E-state index in [1.54, 1.807) is 0 Å². The third-order valence-corrected chi connectivity index (χ3v) is 6.46. The summed E-state index contributed by atoms with van der Waals surface area (Å²) in [6, 6.07) is 22.0. The Labute approximate surface area is 200 Å². The molecule has 34 heavy (non-hydrogen) atoms. The van der Waals surface area contributed by atoms with E-state index < -0.39 is 0 Å². The Morgan fingerprint density at radius 2 is 1.79 bits per heavy atom. The van der Waals surface area contributed by atoms with E-state index in [4.69, 9.17) is 4.74 Å². The van der Waals surface area contributed by atoms with Crippen LogP contribution in [0.1, 0.15) is 46.1 Å². The molecule has 1 fully saturated rings. The minimum Gasteiger partial charge on any atom is -0.486 e. The topological polar surface area (TPSA) is 58.9 Å². The van der Waals surface area contributed by atoms with E-state index in [9.17, 15) is 4.79 Å². The molecule has 1 saturated heterocycles. The second-order valence-corrected chi connectivity index (χ2v) is 8.82. The predicted octanol–water partition coefficient (Wildman–Crippen LogP) is 4.79. The van der Waals surface area contributed by atoms with Crippen LogP contribution in [0.2, 0.25) is 0 Å². The fourth-order valence-electron chi connectivity index (χ4n) is 4.68. The molecule has 0 spiro atoms. The molecule has 1 N–H and O–H groups in total. The van der Waals surface area contributed by atoms with Crippen molar-refractivity contribution < 1.29 is 9.53 Å². The summed E-state index contributed by atoms with van der Waals surface area (Å²) in [5.74, 6) is 0.438. The van der Waals surface area contributed by atoms with Crippen LogP contribution >= 0.6 is 0 Å². The molecule has 0 radical (unpaired) electrons. The molecule has 3 heterocycles. The van der Waals surface area contributed by atoms with Crippen molar-refractivity contribution in [1.29, 1.82) is 0 Å². The number of rotatable bonds is 8. The molecule has 0 bridgehead atoms. The molecule has 0 aliphatic carbocycles. The Hall–Kier alpha value is -3.64. The Bertz CT molecular complexity index is 1260. The molecule has 2 aromatic carbocycles. The second kappa shape index (κ2) is 10.1. The molecule has 2 aromatic heterocycles. The van der Waals surface area contributed by atoms with Crippen molar-refractivity contribution in [2.45, 2.75) is 32.4 Å². The number of imidazole rings is 1. The van der Waals surface area contributed by atoms with Crippen LogP contribution in [0, 0.1) is 6.92 Å². The zero-order valence-corrected chi connectivity index (χ0v) is 19.5. The normalized spacial score (nSPS) is 14.9. The van der Waals surface area contributed by atoms with Crippen molar-refractivity contribution >= 4 is 11.6 Å². The van der Waals surface area contributed by atoms with Gasteiger partial charge in [-0.1, -0.05) is 48.5 Å². The summed E-state index contributed by atoms with van der Waals surface area (Å²) in [6.45, 7) is 5.02. The number of benzene rings is 2. The van der Waals surface area contributed by atoms with E-state index >= 15 is 0 Å². The Kier molecular flexibility index (Phi) is 6.58. The molecule has 1 aliphatic heterocycles. The number of fused-ring (bicyclic) bond motifs is 1. The maximum Gasteiger partial charge on any atom is 0.255 e. The molecule has 1 atom stereocenters. The van der Waals surface area contributed by atoms with Gasteiger partial charge in [0.2, 0.25) is 0 Å². The lowest BCUT2D eigenvalue weighted by Crippen LogP contribution is -2.36. The maximum absolute atomic E-state index is 13.2. The lowest BCUT2D eigenvalue weighted by Gasteiger charge is -2.28. The first-order chi connectivity index (χ1) is 16.7. The van der Waals surface area contributed by atoms with Crippen molar-refractivity contribution in [2.75, 3.05) is 19.6 Å². The van der Waals surface area contributed by atoms with E-state index in [0.29, 0.717) is 24.5 Å². The van der Waals surface area contributed by atoms with E-state index in [2.05, 4.69) is 39.5 Å². The van der Waals surface area contributed by atoms with E-state index in [-0.39, 0.29) is 11.9 Å². The van der Waals surface area contributed by atoms with Crippen molar-refractivity contribution in [3.63, 3.8) is 0 Å². The highest BCUT2D eigenvalue weighted by molar-refractivity contribution is 5.96. The molecule has 174 valence electrons. The first-order valence-corrected chi connectivity index (χ1v) is 11.9. The van der Waals surface area contributed by atoms with Gasteiger partial charge in [0.25, 0.3) is 5.91 Å². The summed E-state index contributed by atoms with van der Waals surface area (Å²) in [5.41, 5.74) is 4.62. The van der Waals surface area contributed by atoms with Gasteiger partial charge in [-0.3, -0.25) is 9.69 Å². The Morgan fingerprint density at radius 3 is 2.59 bits per heavy atom. The lowest BCUT2D eigenvalue weighted by atomic mass is 10.1. The highest BCUT2D eigenvalue weighted by Gasteiger charge is 2.24. The van der Waals surface area contributed by atoms with E-state index in [1.165, 1.54) is 18.4 Å². The summed E-state index contributed by atoms with van der Waals surface area (Å²) in [4.78, 5) is 20.3. The molecule has 1 aliphatic rings. The molecule has 0 saturated carbocycles. The van der Waals surface area contributed by atoms with Crippen molar-refractivity contribution in [3.05, 3.63) is 102 Å². The number of nitrogens with one attached hydrogen (secondary N) is 1. The highest BCUT2D eigenvalue weighted by atomic mass is 16.5. The molecular formula is C28H30N4O2. The van der Waals surface area contributed by atoms with Crippen LogP contribution in [0.3, 0.4) is 0 Å². The number of hydrogen-bond acceptors (Lipinski definition) is 4. The summed E-state index contributed by atoms with van der Waals surface area (Å²) in [7, 11) is 0. The first-order valence-electron chi connectivity index (χ1n) is 11.9. The summed E-state index contributed by atoms with van der Waals surface area (Å²) >= 11 is 0. The van der Waals surface area contributed by atoms with Crippen molar-refractivity contribution in [2.24, 2.45) is 0 Å². The van der Waals surface area contributed by atoms with Crippen LogP contribution in [0.25, 0.3) is 5.65 Å². The zero-order valence-electron chi connectivity index (χ0n) is 19.5. The zero-order chi connectivity index (χ0) is 23.3. The van der Waals surface area contributed by atoms with Crippen LogP contribution in [-0.4, -0.2) is 39.8 Å². The first kappa shape index (κ1) is 22.2.